The first-order valence-corrected chi connectivity index (χ1v) is 6.72. The molecule has 12 nitrogen and oxygen atoms in total. The zero-order valence-electron chi connectivity index (χ0n) is 12.8. The SMILES string of the molecule is CC(=O)C(=O)OCC(COC(=O)CC[C@H](N)C(=O)O)CO[N+](=O)[O-]. The number of ketones is 1. The molecule has 0 bridgehead atoms. The van der Waals surface area contributed by atoms with E-state index in [9.17, 15) is 29.3 Å². The lowest BCUT2D eigenvalue weighted by Crippen LogP contribution is -2.31. The summed E-state index contributed by atoms with van der Waals surface area (Å²) in [7, 11) is 0. The molecule has 0 aliphatic carbocycles. The molecule has 24 heavy (non-hydrogen) atoms. The minimum atomic E-state index is -1.27. The number of nitrogens with two attached hydrogens (primary N) is 1. The fourth-order valence-corrected chi connectivity index (χ4v) is 1.29. The summed E-state index contributed by atoms with van der Waals surface area (Å²) in [6, 6.07) is -1.22. The first kappa shape index (κ1) is 21.2. The molecule has 0 fully saturated rings. The van der Waals surface area contributed by atoms with Crippen LogP contribution in [0, 0.1) is 16.0 Å². The lowest BCUT2D eigenvalue weighted by molar-refractivity contribution is -0.759. The molecule has 0 aliphatic heterocycles. The van der Waals surface area contributed by atoms with E-state index in [4.69, 9.17) is 15.6 Å². The number of ether oxygens (including phenoxy) is 2. The second-order valence-corrected chi connectivity index (χ2v) is 4.71. The van der Waals surface area contributed by atoms with E-state index in [0.29, 0.717) is 0 Å². The summed E-state index contributed by atoms with van der Waals surface area (Å²) < 4.78 is 9.37. The van der Waals surface area contributed by atoms with Gasteiger partial charge in [0.2, 0.25) is 5.78 Å². The molecule has 0 spiro atoms. The van der Waals surface area contributed by atoms with Crippen LogP contribution in [-0.4, -0.2) is 59.7 Å². The lowest BCUT2D eigenvalue weighted by atomic mass is 10.1. The molecule has 0 aromatic rings. The third-order valence-electron chi connectivity index (χ3n) is 2.61. The number of hydrogen-bond donors (Lipinski definition) is 2. The number of carboxylic acids is 1. The highest BCUT2D eigenvalue weighted by atomic mass is 16.9. The minimum absolute atomic E-state index is 0.149. The Hall–Kier alpha value is -2.76. The number of aliphatic carboxylic acids is 1. The Morgan fingerprint density at radius 2 is 1.75 bits per heavy atom. The van der Waals surface area contributed by atoms with Crippen LogP contribution in [0.4, 0.5) is 0 Å². The monoisotopic (exact) mass is 350 g/mol. The standard InChI is InChI=1S/C12H18N2O10/c1-7(15)12(19)23-5-8(6-24-14(20)21)4-22-10(16)3-2-9(13)11(17)18/h8-9H,2-6,13H2,1H3,(H,17,18)/t8?,9-/m0/s1. The van der Waals surface area contributed by atoms with Gasteiger partial charge in [-0.25, -0.2) is 4.79 Å². The van der Waals surface area contributed by atoms with Crippen LogP contribution in [0.2, 0.25) is 0 Å². The Morgan fingerprint density at radius 3 is 2.25 bits per heavy atom. The van der Waals surface area contributed by atoms with Crippen LogP contribution in [0.5, 0.6) is 0 Å². The molecule has 3 N–H and O–H groups in total. The number of carbonyl (C=O) groups excluding carboxylic acids is 3. The predicted molar refractivity (Wildman–Crippen MR) is 73.9 cm³/mol. The first-order valence-electron chi connectivity index (χ1n) is 6.72. The molecule has 0 saturated heterocycles. The summed E-state index contributed by atoms with van der Waals surface area (Å²) >= 11 is 0. The van der Waals surface area contributed by atoms with E-state index in [1.54, 1.807) is 0 Å². The molecule has 0 aliphatic rings. The van der Waals surface area contributed by atoms with Gasteiger partial charge in [-0.1, -0.05) is 0 Å². The van der Waals surface area contributed by atoms with Crippen LogP contribution in [0.25, 0.3) is 0 Å². The van der Waals surface area contributed by atoms with Crippen LogP contribution in [0.1, 0.15) is 19.8 Å². The van der Waals surface area contributed by atoms with Gasteiger partial charge in [-0.05, 0) is 6.42 Å². The Morgan fingerprint density at radius 1 is 1.17 bits per heavy atom. The quantitative estimate of drug-likeness (QED) is 0.184. The van der Waals surface area contributed by atoms with Crippen molar-refractivity contribution in [1.82, 2.24) is 0 Å². The summed E-state index contributed by atoms with van der Waals surface area (Å²) in [6.07, 6.45) is -0.424. The van der Waals surface area contributed by atoms with E-state index in [0.717, 1.165) is 6.92 Å². The van der Waals surface area contributed by atoms with Crippen molar-refractivity contribution in [1.29, 1.82) is 0 Å². The molecule has 1 unspecified atom stereocenters. The number of carboxylic acid groups (broad SMARTS) is 1. The van der Waals surface area contributed by atoms with Crippen LogP contribution in [0.3, 0.4) is 0 Å². The van der Waals surface area contributed by atoms with Crippen molar-refractivity contribution in [3.63, 3.8) is 0 Å². The zero-order chi connectivity index (χ0) is 18.7. The normalized spacial score (nSPS) is 12.6. The summed E-state index contributed by atoms with van der Waals surface area (Å²) in [4.78, 5) is 58.0. The van der Waals surface area contributed by atoms with Crippen molar-refractivity contribution in [3.05, 3.63) is 10.1 Å². The minimum Gasteiger partial charge on any atom is -0.480 e. The molecular weight excluding hydrogens is 332 g/mol. The van der Waals surface area contributed by atoms with Crippen molar-refractivity contribution in [2.24, 2.45) is 11.7 Å². The Balaban J connectivity index is 4.34. The van der Waals surface area contributed by atoms with Crippen molar-refractivity contribution in [2.75, 3.05) is 19.8 Å². The van der Waals surface area contributed by atoms with Gasteiger partial charge in [-0.15, -0.1) is 10.1 Å². The summed E-state index contributed by atoms with van der Waals surface area (Å²) in [6.45, 7) is -0.370. The van der Waals surface area contributed by atoms with Gasteiger partial charge < -0.3 is 25.2 Å². The van der Waals surface area contributed by atoms with Crippen LogP contribution in [-0.2, 0) is 33.5 Å². The van der Waals surface area contributed by atoms with Gasteiger partial charge >= 0.3 is 17.9 Å². The van der Waals surface area contributed by atoms with Crippen LogP contribution >= 0.6 is 0 Å². The number of nitrogens with zero attached hydrogens (tertiary/aromatic N) is 1. The first-order chi connectivity index (χ1) is 11.1. The molecule has 0 rings (SSSR count). The average molecular weight is 350 g/mol. The predicted octanol–water partition coefficient (Wildman–Crippen LogP) is -1.32. The van der Waals surface area contributed by atoms with Gasteiger partial charge in [0.15, 0.2) is 0 Å². The van der Waals surface area contributed by atoms with E-state index < -0.39 is 54.0 Å². The maximum Gasteiger partial charge on any atom is 0.374 e. The van der Waals surface area contributed by atoms with Crippen molar-refractivity contribution in [2.45, 2.75) is 25.8 Å². The molecule has 0 radical (unpaired) electrons. The molecule has 136 valence electrons. The van der Waals surface area contributed by atoms with Gasteiger partial charge in [-0.2, -0.15) is 0 Å². The summed E-state index contributed by atoms with van der Waals surface area (Å²) in [5, 5.41) is 17.7. The molecule has 0 aromatic carbocycles. The average Bonchev–Trinajstić information content (AvgIpc) is 2.50. The number of carbonyl (C=O) groups is 4. The van der Waals surface area contributed by atoms with Gasteiger partial charge in [0.05, 0.1) is 19.1 Å². The molecule has 12 heteroatoms. The highest BCUT2D eigenvalue weighted by molar-refractivity contribution is 6.32. The molecule has 0 aromatic heterocycles. The second kappa shape index (κ2) is 10.9. The number of Topliss-reactive ketones (excluding diaryl/α,β-unsaturated/α-hetero) is 1. The van der Waals surface area contributed by atoms with Crippen molar-refractivity contribution >= 4 is 23.7 Å². The van der Waals surface area contributed by atoms with Crippen molar-refractivity contribution in [3.8, 4) is 0 Å². The smallest absolute Gasteiger partial charge is 0.374 e. The number of rotatable bonds is 12. The van der Waals surface area contributed by atoms with Crippen LogP contribution < -0.4 is 5.73 Å². The lowest BCUT2D eigenvalue weighted by Gasteiger charge is -2.16. The molecule has 0 heterocycles. The molecule has 0 amide bonds. The largest absolute Gasteiger partial charge is 0.480 e. The second-order valence-electron chi connectivity index (χ2n) is 4.71. The van der Waals surface area contributed by atoms with E-state index in [1.807, 2.05) is 0 Å². The Bertz CT molecular complexity index is 492. The van der Waals surface area contributed by atoms with E-state index in [2.05, 4.69) is 9.57 Å². The third-order valence-corrected chi connectivity index (χ3v) is 2.61. The van der Waals surface area contributed by atoms with Gasteiger partial charge in [0.1, 0.15) is 12.6 Å². The fourth-order valence-electron chi connectivity index (χ4n) is 1.29. The maximum absolute atomic E-state index is 11.5. The number of hydrogen-bond acceptors (Lipinski definition) is 10. The van der Waals surface area contributed by atoms with Crippen molar-refractivity contribution < 1.29 is 43.7 Å². The van der Waals surface area contributed by atoms with E-state index in [-0.39, 0.29) is 19.4 Å². The highest BCUT2D eigenvalue weighted by Crippen LogP contribution is 2.04. The van der Waals surface area contributed by atoms with E-state index >= 15 is 0 Å². The summed E-state index contributed by atoms with van der Waals surface area (Å²) in [5.41, 5.74) is 5.22. The van der Waals surface area contributed by atoms with Gasteiger partial charge in [0, 0.05) is 13.3 Å². The maximum atomic E-state index is 11.5. The molecular formula is C12H18N2O10. The van der Waals surface area contributed by atoms with Crippen LogP contribution in [0.15, 0.2) is 0 Å². The Kier molecular flexibility index (Phi) is 9.63. The highest BCUT2D eigenvalue weighted by Gasteiger charge is 2.19. The Labute approximate surface area is 135 Å². The number of esters is 2. The van der Waals surface area contributed by atoms with E-state index in [1.165, 1.54) is 0 Å². The third kappa shape index (κ3) is 10.0. The van der Waals surface area contributed by atoms with Gasteiger partial charge in [0.25, 0.3) is 5.09 Å². The van der Waals surface area contributed by atoms with Gasteiger partial charge in [-0.3, -0.25) is 14.4 Å². The summed E-state index contributed by atoms with van der Waals surface area (Å²) in [5.74, 6) is -4.92. The fraction of sp³-hybridized carbons (Fsp3) is 0.667. The molecule has 2 atom stereocenters. The topological polar surface area (TPSA) is 185 Å². The molecule has 0 saturated carbocycles. The zero-order valence-corrected chi connectivity index (χ0v) is 12.8.